The molecule has 1 aliphatic heterocycles. The quantitative estimate of drug-likeness (QED) is 0.798. The van der Waals surface area contributed by atoms with E-state index in [4.69, 9.17) is 37.4 Å². The first-order chi connectivity index (χ1) is 12.4. The number of anilines is 1. The lowest BCUT2D eigenvalue weighted by molar-refractivity contribution is -0.162. The van der Waals surface area contributed by atoms with Gasteiger partial charge in [0.05, 0.1) is 10.7 Å². The van der Waals surface area contributed by atoms with E-state index in [9.17, 15) is 9.59 Å². The van der Waals surface area contributed by atoms with Crippen LogP contribution in [0.3, 0.4) is 0 Å². The molecule has 2 atom stereocenters. The highest BCUT2D eigenvalue weighted by molar-refractivity contribution is 6.36. The fraction of sp³-hybridized carbons (Fsp3) is 0.222. The smallest absolute Gasteiger partial charge is 0.351 e. The number of hydrogen-bond donors (Lipinski definition) is 1. The Bertz CT molecular complexity index is 842. The maximum atomic E-state index is 12.2. The number of benzene rings is 2. The van der Waals surface area contributed by atoms with Gasteiger partial charge in [-0.3, -0.25) is 4.79 Å². The lowest BCUT2D eigenvalue weighted by Gasteiger charge is -2.25. The van der Waals surface area contributed by atoms with Crippen LogP contribution in [0.2, 0.25) is 10.0 Å². The van der Waals surface area contributed by atoms with Crippen LogP contribution in [-0.4, -0.2) is 30.7 Å². The summed E-state index contributed by atoms with van der Waals surface area (Å²) in [7, 11) is 0. The number of amides is 1. The second-order valence-corrected chi connectivity index (χ2v) is 6.40. The normalized spacial score (nSPS) is 16.5. The number of nitrogens with one attached hydrogen (secondary N) is 1. The van der Waals surface area contributed by atoms with Gasteiger partial charge in [0.25, 0.3) is 5.91 Å². The van der Waals surface area contributed by atoms with Crippen LogP contribution in [0.15, 0.2) is 42.5 Å². The third-order valence-electron chi connectivity index (χ3n) is 3.62. The van der Waals surface area contributed by atoms with Crippen molar-refractivity contribution in [3.05, 3.63) is 52.5 Å². The van der Waals surface area contributed by atoms with Gasteiger partial charge in [0.15, 0.2) is 17.6 Å². The Kier molecular flexibility index (Phi) is 5.54. The molecular weight excluding hydrogens is 381 g/mol. The lowest BCUT2D eigenvalue weighted by atomic mass is 10.2. The molecule has 1 amide bonds. The third kappa shape index (κ3) is 4.20. The highest BCUT2D eigenvalue weighted by Gasteiger charge is 2.31. The predicted molar refractivity (Wildman–Crippen MR) is 97.0 cm³/mol. The van der Waals surface area contributed by atoms with Crippen LogP contribution >= 0.6 is 23.2 Å². The summed E-state index contributed by atoms with van der Waals surface area (Å²) in [6.07, 6.45) is -1.99. The van der Waals surface area contributed by atoms with Gasteiger partial charge >= 0.3 is 5.97 Å². The number of rotatable bonds is 4. The molecule has 26 heavy (non-hydrogen) atoms. The minimum Gasteiger partial charge on any atom is -0.485 e. The molecule has 0 aromatic heterocycles. The summed E-state index contributed by atoms with van der Waals surface area (Å²) in [5.74, 6) is -0.213. The van der Waals surface area contributed by atoms with Gasteiger partial charge in [-0.05, 0) is 37.3 Å². The van der Waals surface area contributed by atoms with E-state index < -0.39 is 24.1 Å². The number of para-hydroxylation sites is 2. The molecule has 1 N–H and O–H groups in total. The molecule has 0 unspecified atom stereocenters. The van der Waals surface area contributed by atoms with E-state index in [-0.39, 0.29) is 11.6 Å². The van der Waals surface area contributed by atoms with Gasteiger partial charge in [0.1, 0.15) is 6.61 Å². The van der Waals surface area contributed by atoms with Crippen LogP contribution in [0.4, 0.5) is 5.69 Å². The van der Waals surface area contributed by atoms with E-state index >= 15 is 0 Å². The highest BCUT2D eigenvalue weighted by atomic mass is 35.5. The van der Waals surface area contributed by atoms with E-state index in [1.807, 2.05) is 0 Å². The van der Waals surface area contributed by atoms with Gasteiger partial charge in [0, 0.05) is 5.02 Å². The zero-order valence-corrected chi connectivity index (χ0v) is 15.2. The van der Waals surface area contributed by atoms with E-state index in [0.29, 0.717) is 22.2 Å². The monoisotopic (exact) mass is 395 g/mol. The number of esters is 1. The molecule has 0 spiro atoms. The Balaban J connectivity index is 1.58. The maximum absolute atomic E-state index is 12.2. The number of fused-ring (bicyclic) bond motifs is 1. The van der Waals surface area contributed by atoms with Crippen molar-refractivity contribution in [1.29, 1.82) is 0 Å². The Hall–Kier alpha value is -2.44. The van der Waals surface area contributed by atoms with Gasteiger partial charge in [-0.25, -0.2) is 4.79 Å². The van der Waals surface area contributed by atoms with Crippen molar-refractivity contribution in [1.82, 2.24) is 0 Å². The maximum Gasteiger partial charge on any atom is 0.351 e. The zero-order chi connectivity index (χ0) is 18.7. The summed E-state index contributed by atoms with van der Waals surface area (Å²) in [6.45, 7) is 1.46. The van der Waals surface area contributed by atoms with E-state index in [0.717, 1.165) is 0 Å². The van der Waals surface area contributed by atoms with Crippen LogP contribution < -0.4 is 14.8 Å². The molecule has 6 nitrogen and oxygen atoms in total. The van der Waals surface area contributed by atoms with Crippen molar-refractivity contribution in [2.24, 2.45) is 0 Å². The Morgan fingerprint density at radius 2 is 1.92 bits per heavy atom. The number of ether oxygens (including phenoxy) is 3. The Labute approximate surface area is 159 Å². The van der Waals surface area contributed by atoms with Gasteiger partial charge in [-0.2, -0.15) is 0 Å². The molecular formula is C18H15Cl2NO5. The molecule has 0 bridgehead atoms. The van der Waals surface area contributed by atoms with Crippen LogP contribution in [0.25, 0.3) is 0 Å². The summed E-state index contributed by atoms with van der Waals surface area (Å²) in [5, 5.41) is 3.31. The average Bonchev–Trinajstić information content (AvgIpc) is 2.63. The van der Waals surface area contributed by atoms with Crippen LogP contribution in [-0.2, 0) is 14.3 Å². The number of carbonyl (C=O) groups excluding carboxylic acids is 2. The Morgan fingerprint density at radius 3 is 2.65 bits per heavy atom. The van der Waals surface area contributed by atoms with E-state index in [1.54, 1.807) is 36.4 Å². The summed E-state index contributed by atoms with van der Waals surface area (Å²) in [4.78, 5) is 24.5. The molecule has 8 heteroatoms. The molecule has 0 radical (unpaired) electrons. The summed E-state index contributed by atoms with van der Waals surface area (Å²) in [5.41, 5.74) is 0.371. The van der Waals surface area contributed by atoms with Crippen LogP contribution in [0.1, 0.15) is 6.92 Å². The fourth-order valence-corrected chi connectivity index (χ4v) is 2.72. The summed E-state index contributed by atoms with van der Waals surface area (Å²) in [6, 6.07) is 11.6. The van der Waals surface area contributed by atoms with Gasteiger partial charge in [-0.1, -0.05) is 35.3 Å². The SMILES string of the molecule is C[C@H](OC(=O)[C@@H]1COc2ccccc2O1)C(=O)Nc1ccc(Cl)cc1Cl. The molecule has 136 valence electrons. The van der Waals surface area contributed by atoms with Crippen molar-refractivity contribution in [2.75, 3.05) is 11.9 Å². The fourth-order valence-electron chi connectivity index (χ4n) is 2.26. The first-order valence-electron chi connectivity index (χ1n) is 7.79. The van der Waals surface area contributed by atoms with E-state index in [2.05, 4.69) is 5.32 Å². The largest absolute Gasteiger partial charge is 0.485 e. The summed E-state index contributed by atoms with van der Waals surface area (Å²) >= 11 is 11.8. The second kappa shape index (κ2) is 7.85. The molecule has 0 fully saturated rings. The van der Waals surface area contributed by atoms with Gasteiger partial charge < -0.3 is 19.5 Å². The van der Waals surface area contributed by atoms with Crippen molar-refractivity contribution in [3.8, 4) is 11.5 Å². The van der Waals surface area contributed by atoms with Crippen molar-refractivity contribution >= 4 is 40.8 Å². The Morgan fingerprint density at radius 1 is 1.19 bits per heavy atom. The van der Waals surface area contributed by atoms with Gasteiger partial charge in [0.2, 0.25) is 6.10 Å². The number of hydrogen-bond acceptors (Lipinski definition) is 5. The minimum atomic E-state index is -1.05. The van der Waals surface area contributed by atoms with Crippen molar-refractivity contribution in [2.45, 2.75) is 19.1 Å². The first kappa shape index (κ1) is 18.4. The van der Waals surface area contributed by atoms with Gasteiger partial charge in [-0.15, -0.1) is 0 Å². The molecule has 0 saturated heterocycles. The van der Waals surface area contributed by atoms with Crippen molar-refractivity contribution < 1.29 is 23.8 Å². The molecule has 2 aromatic carbocycles. The first-order valence-corrected chi connectivity index (χ1v) is 8.54. The lowest BCUT2D eigenvalue weighted by Crippen LogP contribution is -2.41. The molecule has 3 rings (SSSR count). The topological polar surface area (TPSA) is 73.9 Å². The molecule has 2 aromatic rings. The highest BCUT2D eigenvalue weighted by Crippen LogP contribution is 2.31. The van der Waals surface area contributed by atoms with Crippen LogP contribution in [0.5, 0.6) is 11.5 Å². The summed E-state index contributed by atoms with van der Waals surface area (Å²) < 4.78 is 16.2. The third-order valence-corrected chi connectivity index (χ3v) is 4.17. The minimum absolute atomic E-state index is 0.00714. The molecule has 1 aliphatic rings. The molecule has 0 saturated carbocycles. The zero-order valence-electron chi connectivity index (χ0n) is 13.7. The predicted octanol–water partition coefficient (Wildman–Crippen LogP) is 3.70. The standard InChI is InChI=1S/C18H15Cl2NO5/c1-10(17(22)21-13-7-6-11(19)8-12(13)20)25-18(23)16-9-24-14-4-2-3-5-15(14)26-16/h2-8,10,16H,9H2,1H3,(H,21,22)/t10-,16-/m0/s1. The van der Waals surface area contributed by atoms with Crippen molar-refractivity contribution in [3.63, 3.8) is 0 Å². The second-order valence-electron chi connectivity index (χ2n) is 5.56. The molecule has 1 heterocycles. The van der Waals surface area contributed by atoms with Crippen LogP contribution in [0, 0.1) is 0 Å². The number of halogens is 2. The van der Waals surface area contributed by atoms with E-state index in [1.165, 1.54) is 13.0 Å². The number of carbonyl (C=O) groups is 2. The average molecular weight is 396 g/mol. The molecule has 0 aliphatic carbocycles.